The van der Waals surface area contributed by atoms with Gasteiger partial charge in [0.15, 0.2) is 0 Å². The van der Waals surface area contributed by atoms with Crippen LogP contribution in [0.3, 0.4) is 0 Å². The fraction of sp³-hybridized carbons (Fsp3) is 0. The molecule has 0 aliphatic carbocycles. The van der Waals surface area contributed by atoms with E-state index in [1.165, 1.54) is 0 Å². The van der Waals surface area contributed by atoms with Crippen molar-refractivity contribution in [2.75, 3.05) is 0 Å². The molecule has 0 unspecified atom stereocenters. The molecule has 8 heteroatoms. The molecule has 0 fully saturated rings. The van der Waals surface area contributed by atoms with Gasteiger partial charge in [-0.15, -0.1) is 0 Å². The molecule has 8 heavy (non-hydrogen) atoms. The van der Waals surface area contributed by atoms with Crippen LogP contribution in [-0.4, -0.2) is 113 Å². The van der Waals surface area contributed by atoms with Gasteiger partial charge in [-0.25, -0.2) is 15.1 Å². The Morgan fingerprint density at radius 2 is 1.50 bits per heavy atom. The number of phosphoric acid groups is 1. The maximum atomic E-state index is 9.35. The molecule has 0 spiro atoms. The summed E-state index contributed by atoms with van der Waals surface area (Å²) in [6.07, 6.45) is 0. The van der Waals surface area contributed by atoms with Gasteiger partial charge in [0.05, 0.1) is 0 Å². The van der Waals surface area contributed by atoms with E-state index in [9.17, 15) is 4.57 Å². The second kappa shape index (κ2) is 8.44. The summed E-state index contributed by atoms with van der Waals surface area (Å²) in [6.45, 7) is 0. The number of nitrogens with two attached hydrogens (primary N) is 1. The Bertz CT molecular complexity index is 78.1. The molecule has 5 nitrogen and oxygen atoms in total. The third kappa shape index (κ3) is 16.2. The van der Waals surface area contributed by atoms with Gasteiger partial charge in [0.1, 0.15) is 0 Å². The Morgan fingerprint density at radius 3 is 1.50 bits per heavy atom. The van der Waals surface area contributed by atoms with Gasteiger partial charge in [0.2, 0.25) is 0 Å². The number of hydrogen-bond acceptors (Lipinski definition) is 3. The maximum absolute atomic E-state index is 9.35. The zero-order valence-corrected chi connectivity index (χ0v) is 3.63. The normalized spacial score (nSPS) is 8.88. The summed E-state index contributed by atoms with van der Waals surface area (Å²) in [4.78, 5) is 15.2. The summed E-state index contributed by atoms with van der Waals surface area (Å²) < 4.78 is 12.5. The Hall–Kier alpha value is 3.34. The van der Waals surface area contributed by atoms with Crippen LogP contribution in [0.1, 0.15) is 0 Å². The van der Waals surface area contributed by atoms with Gasteiger partial charge < -0.3 is 9.79 Å². The molecule has 0 saturated carbocycles. The first kappa shape index (κ1) is 17.4. The van der Waals surface area contributed by atoms with Gasteiger partial charge in [-0.05, 0) is 0 Å². The molecule has 0 aromatic rings. The van der Waals surface area contributed by atoms with E-state index in [4.69, 9.17) is 9.79 Å². The van der Waals surface area contributed by atoms with E-state index >= 15 is 0 Å². The van der Waals surface area contributed by atoms with Crippen LogP contribution in [0.25, 0.3) is 0 Å². The first-order valence-corrected chi connectivity index (χ1v) is 2.53. The molecule has 0 atom stereocenters. The van der Waals surface area contributed by atoms with E-state index in [0.717, 1.165) is 0 Å². The van der Waals surface area contributed by atoms with E-state index in [2.05, 4.69) is 10.5 Å². The summed E-state index contributed by atoms with van der Waals surface area (Å²) in [6, 6.07) is 0. The van der Waals surface area contributed by atoms with Crippen molar-refractivity contribution in [1.82, 2.24) is 0 Å². The Balaban J connectivity index is -0.000000125. The molecule has 0 heterocycles. The van der Waals surface area contributed by atoms with Crippen molar-refractivity contribution in [3.05, 3.63) is 0 Å². The van der Waals surface area contributed by atoms with E-state index in [1.54, 1.807) is 0 Å². The topological polar surface area (TPSA) is 92.8 Å². The first-order valence-electron chi connectivity index (χ1n) is 1.00. The molecule has 0 aromatic heterocycles. The predicted octanol–water partition coefficient (Wildman–Crippen LogP) is -2.33. The predicted molar refractivity (Wildman–Crippen MR) is 31.6 cm³/mol. The fourth-order valence-corrected chi connectivity index (χ4v) is 0. The molecule has 0 rings (SSSR count). The summed E-state index contributed by atoms with van der Waals surface area (Å²) in [5.74, 6) is 4.04. The minimum atomic E-state index is -4.37. The van der Waals surface area contributed by atoms with Crippen LogP contribution >= 0.6 is 7.82 Å². The molecule has 0 radical (unpaired) electrons. The first-order chi connectivity index (χ1) is 2.56. The van der Waals surface area contributed by atoms with E-state index in [-0.39, 0.29) is 103 Å². The van der Waals surface area contributed by atoms with Crippen molar-refractivity contribution >= 4 is 111 Å². The van der Waals surface area contributed by atoms with Crippen LogP contribution in [0.15, 0.2) is 0 Å². The van der Waals surface area contributed by atoms with Crippen molar-refractivity contribution in [2.45, 2.75) is 0 Å². The molecule has 0 aliphatic heterocycles. The molecular formula is H6K2NO4P. The van der Waals surface area contributed by atoms with E-state index in [0.29, 0.717) is 0 Å². The van der Waals surface area contributed by atoms with Gasteiger partial charge >= 0.3 is 111 Å². The molecule has 0 saturated heterocycles. The molecular weight excluding hydrogens is 187 g/mol. The summed E-state index contributed by atoms with van der Waals surface area (Å²) in [5.41, 5.74) is 0. The van der Waals surface area contributed by atoms with Crippen LogP contribution in [0.2, 0.25) is 0 Å². The molecule has 0 bridgehead atoms. The van der Waals surface area contributed by atoms with Crippen molar-refractivity contribution in [1.29, 1.82) is 0 Å². The minimum absolute atomic E-state index is 0. The summed E-state index contributed by atoms with van der Waals surface area (Å²) >= 11 is 0. The van der Waals surface area contributed by atoms with Crippen molar-refractivity contribution in [3.8, 4) is 0 Å². The van der Waals surface area contributed by atoms with Gasteiger partial charge in [-0.1, -0.05) is 0 Å². The van der Waals surface area contributed by atoms with Gasteiger partial charge in [0.25, 0.3) is 0 Å². The fourth-order valence-electron chi connectivity index (χ4n) is 0. The van der Waals surface area contributed by atoms with Gasteiger partial charge in [-0.2, -0.15) is 0 Å². The van der Waals surface area contributed by atoms with Crippen molar-refractivity contribution in [3.63, 3.8) is 0 Å². The Labute approximate surface area is 132 Å². The van der Waals surface area contributed by atoms with Crippen molar-refractivity contribution < 1.29 is 19.0 Å². The third-order valence-electron chi connectivity index (χ3n) is 0.137. The van der Waals surface area contributed by atoms with E-state index < -0.39 is 7.82 Å². The Morgan fingerprint density at radius 1 is 1.38 bits per heavy atom. The monoisotopic (exact) mass is 193 g/mol. The quantitative estimate of drug-likeness (QED) is 0.247. The van der Waals surface area contributed by atoms with Gasteiger partial charge in [0, 0.05) is 0 Å². The summed E-state index contributed by atoms with van der Waals surface area (Å²) in [7, 11) is -4.37. The Kier molecular flexibility index (Phi) is 18.4. The zero-order chi connectivity index (χ0) is 5.21. The average molecular weight is 193 g/mol. The standard InChI is InChI=1S/2K.H4NO4P.2H/c;;1-5-6(2,3)4;;/h;;1H2,(H2,2,3,4);;. The molecule has 0 aromatic carbocycles. The number of rotatable bonds is 1. The van der Waals surface area contributed by atoms with Crippen LogP contribution < -0.4 is 5.90 Å². The molecule has 42 valence electrons. The van der Waals surface area contributed by atoms with Crippen molar-refractivity contribution in [2.24, 2.45) is 5.90 Å². The van der Waals surface area contributed by atoms with Crippen LogP contribution in [0, 0.1) is 0 Å². The van der Waals surface area contributed by atoms with E-state index in [1.807, 2.05) is 0 Å². The second-order valence-electron chi connectivity index (χ2n) is 0.596. The molecule has 0 amide bonds. The van der Waals surface area contributed by atoms with Gasteiger partial charge in [-0.3, -0.25) is 0 Å². The molecule has 4 N–H and O–H groups in total. The average Bonchev–Trinajstić information content (AvgIpc) is 1.35. The zero-order valence-electron chi connectivity index (χ0n) is 2.74. The van der Waals surface area contributed by atoms with Crippen LogP contribution in [0.5, 0.6) is 0 Å². The van der Waals surface area contributed by atoms with Crippen LogP contribution in [0.4, 0.5) is 0 Å². The molecule has 0 aliphatic rings. The SMILES string of the molecule is NOP(=O)(O)O.[KH].[KH]. The number of hydrogen-bond donors (Lipinski definition) is 3. The third-order valence-corrected chi connectivity index (χ3v) is 0.412. The van der Waals surface area contributed by atoms with Crippen LogP contribution in [-0.2, 0) is 9.19 Å². The second-order valence-corrected chi connectivity index (χ2v) is 1.79. The summed E-state index contributed by atoms with van der Waals surface area (Å²) in [5, 5.41) is 0.